The molecule has 0 saturated carbocycles. The lowest BCUT2D eigenvalue weighted by Crippen LogP contribution is -2.32. The van der Waals surface area contributed by atoms with Gasteiger partial charge in [0.1, 0.15) is 17.4 Å². The van der Waals surface area contributed by atoms with E-state index in [0.717, 1.165) is 30.4 Å². The third kappa shape index (κ3) is 3.82. The number of amides is 1. The van der Waals surface area contributed by atoms with Gasteiger partial charge in [-0.1, -0.05) is 59.3 Å². The fraction of sp³-hybridized carbons (Fsp3) is 0.280. The van der Waals surface area contributed by atoms with Crippen LogP contribution in [0.4, 0.5) is 0 Å². The molecule has 7 nitrogen and oxygen atoms in total. The van der Waals surface area contributed by atoms with Gasteiger partial charge in [0.05, 0.1) is 6.04 Å². The van der Waals surface area contributed by atoms with Crippen LogP contribution < -0.4 is 10.9 Å². The molecule has 0 bridgehead atoms. The van der Waals surface area contributed by atoms with Gasteiger partial charge in [0, 0.05) is 18.5 Å². The molecular formula is C25H24N4O3. The Bertz CT molecular complexity index is 1340. The Morgan fingerprint density at radius 3 is 2.84 bits per heavy atom. The van der Waals surface area contributed by atoms with Gasteiger partial charge >= 0.3 is 0 Å². The zero-order valence-electron chi connectivity index (χ0n) is 17.9. The predicted molar refractivity (Wildman–Crippen MR) is 121 cm³/mol. The van der Waals surface area contributed by atoms with E-state index in [1.54, 1.807) is 0 Å². The van der Waals surface area contributed by atoms with Gasteiger partial charge in [-0.3, -0.25) is 14.2 Å². The maximum atomic E-state index is 13.1. The second kappa shape index (κ2) is 8.42. The average Bonchev–Trinajstić information content (AvgIpc) is 3.24. The highest BCUT2D eigenvalue weighted by Crippen LogP contribution is 2.29. The van der Waals surface area contributed by atoms with E-state index in [2.05, 4.69) is 27.6 Å². The van der Waals surface area contributed by atoms with Crippen LogP contribution in [0.15, 0.2) is 64.2 Å². The Hall–Kier alpha value is -3.74. The lowest BCUT2D eigenvalue weighted by molar-refractivity contribution is -0.122. The smallest absolute Gasteiger partial charge is 0.266 e. The number of hydrogen-bond acceptors (Lipinski definition) is 5. The van der Waals surface area contributed by atoms with Crippen molar-refractivity contribution in [3.05, 3.63) is 81.9 Å². The van der Waals surface area contributed by atoms with Crippen LogP contribution in [-0.4, -0.2) is 20.6 Å². The number of benzene rings is 2. The summed E-state index contributed by atoms with van der Waals surface area (Å²) in [6.07, 6.45) is 4.63. The number of aryl methyl sites for hydroxylation is 3. The van der Waals surface area contributed by atoms with Gasteiger partial charge in [0.2, 0.25) is 5.91 Å². The topological polar surface area (TPSA) is 90.0 Å². The van der Waals surface area contributed by atoms with Crippen molar-refractivity contribution >= 4 is 17.0 Å². The summed E-state index contributed by atoms with van der Waals surface area (Å²) in [7, 11) is 0. The highest BCUT2D eigenvalue weighted by atomic mass is 16.5. The zero-order chi connectivity index (χ0) is 22.1. The minimum atomic E-state index is -0.261. The van der Waals surface area contributed by atoms with Crippen molar-refractivity contribution in [1.29, 1.82) is 0 Å². The third-order valence-electron chi connectivity index (χ3n) is 6.07. The molecular weight excluding hydrogens is 404 g/mol. The minimum absolute atomic E-state index is 0.0241. The van der Waals surface area contributed by atoms with E-state index in [1.165, 1.54) is 22.0 Å². The predicted octanol–water partition coefficient (Wildman–Crippen LogP) is 3.94. The molecule has 1 N–H and O–H groups in total. The van der Waals surface area contributed by atoms with Crippen LogP contribution in [0.1, 0.15) is 42.0 Å². The van der Waals surface area contributed by atoms with Crippen LogP contribution >= 0.6 is 0 Å². The van der Waals surface area contributed by atoms with Gasteiger partial charge in [-0.15, -0.1) is 0 Å². The molecule has 2 aromatic heterocycles. The second-order valence-electron chi connectivity index (χ2n) is 8.28. The molecule has 162 valence electrons. The molecule has 0 unspecified atom stereocenters. The van der Waals surface area contributed by atoms with Crippen LogP contribution in [-0.2, 0) is 17.8 Å². The Labute approximate surface area is 185 Å². The van der Waals surface area contributed by atoms with Crippen LogP contribution in [0, 0.1) is 6.92 Å². The van der Waals surface area contributed by atoms with Gasteiger partial charge in [-0.2, -0.15) is 0 Å². The summed E-state index contributed by atoms with van der Waals surface area (Å²) in [5.74, 6) is -0.0808. The molecule has 5 rings (SSSR count). The second-order valence-corrected chi connectivity index (χ2v) is 8.28. The Balaban J connectivity index is 1.33. The summed E-state index contributed by atoms with van der Waals surface area (Å²) in [4.78, 5) is 30.0. The van der Waals surface area contributed by atoms with Crippen molar-refractivity contribution in [2.24, 2.45) is 0 Å². The van der Waals surface area contributed by atoms with E-state index < -0.39 is 0 Å². The number of rotatable bonds is 5. The number of carbonyl (C=O) groups is 1. The zero-order valence-corrected chi connectivity index (χ0v) is 17.9. The van der Waals surface area contributed by atoms with Gasteiger partial charge in [-0.25, -0.2) is 4.98 Å². The maximum absolute atomic E-state index is 13.1. The van der Waals surface area contributed by atoms with Gasteiger partial charge in [0.15, 0.2) is 0 Å². The van der Waals surface area contributed by atoms with Crippen molar-refractivity contribution in [3.63, 3.8) is 0 Å². The molecule has 1 aliphatic rings. The Kier molecular flexibility index (Phi) is 5.31. The molecule has 0 radical (unpaired) electrons. The first-order chi connectivity index (χ1) is 15.6. The minimum Gasteiger partial charge on any atom is -0.349 e. The van der Waals surface area contributed by atoms with Crippen LogP contribution in [0.2, 0.25) is 0 Å². The summed E-state index contributed by atoms with van der Waals surface area (Å²) in [5, 5.41) is 7.53. The van der Waals surface area contributed by atoms with Crippen molar-refractivity contribution < 1.29 is 9.32 Å². The monoisotopic (exact) mass is 428 g/mol. The van der Waals surface area contributed by atoms with E-state index in [-0.39, 0.29) is 36.2 Å². The Morgan fingerprint density at radius 1 is 1.19 bits per heavy atom. The van der Waals surface area contributed by atoms with Crippen molar-refractivity contribution in [1.82, 2.24) is 20.0 Å². The molecule has 2 aromatic carbocycles. The van der Waals surface area contributed by atoms with Crippen molar-refractivity contribution in [2.45, 2.75) is 45.2 Å². The number of carbonyl (C=O) groups excluding carboxylic acids is 1. The summed E-state index contributed by atoms with van der Waals surface area (Å²) in [6, 6.07) is 16.0. The van der Waals surface area contributed by atoms with Crippen LogP contribution in [0.5, 0.6) is 0 Å². The number of nitrogens with one attached hydrogen (secondary N) is 1. The molecule has 4 aromatic rings. The molecule has 7 heteroatoms. The summed E-state index contributed by atoms with van der Waals surface area (Å²) >= 11 is 0. The van der Waals surface area contributed by atoms with E-state index in [0.29, 0.717) is 11.1 Å². The molecule has 1 amide bonds. The fourth-order valence-electron chi connectivity index (χ4n) is 4.34. The lowest BCUT2D eigenvalue weighted by Gasteiger charge is -2.26. The van der Waals surface area contributed by atoms with Gasteiger partial charge < -0.3 is 9.84 Å². The first-order valence-corrected chi connectivity index (χ1v) is 10.9. The molecule has 0 spiro atoms. The van der Waals surface area contributed by atoms with Gasteiger partial charge in [-0.05, 0) is 37.3 Å². The number of nitrogens with zero attached hydrogens (tertiary/aromatic N) is 3. The largest absolute Gasteiger partial charge is 0.349 e. The lowest BCUT2D eigenvalue weighted by atomic mass is 9.88. The highest BCUT2D eigenvalue weighted by Gasteiger charge is 2.22. The fourth-order valence-corrected chi connectivity index (χ4v) is 4.34. The first-order valence-electron chi connectivity index (χ1n) is 10.9. The molecule has 0 saturated heterocycles. The summed E-state index contributed by atoms with van der Waals surface area (Å²) < 4.78 is 6.73. The third-order valence-corrected chi connectivity index (χ3v) is 6.07. The van der Waals surface area contributed by atoms with Gasteiger partial charge in [0.25, 0.3) is 11.3 Å². The van der Waals surface area contributed by atoms with Crippen LogP contribution in [0.25, 0.3) is 22.4 Å². The average molecular weight is 428 g/mol. The van der Waals surface area contributed by atoms with E-state index >= 15 is 0 Å². The number of hydrogen-bond donors (Lipinski definition) is 1. The quantitative estimate of drug-likeness (QED) is 0.520. The molecule has 0 aliphatic heterocycles. The summed E-state index contributed by atoms with van der Waals surface area (Å²) in [6.45, 7) is 2.23. The standard InChI is InChI=1S/C25H24N4O3/c1-16-9-11-18(12-10-16)23-22-24(32-28-23)26-15-29(25(22)31)14-13-21(30)27-20-8-4-6-17-5-2-3-7-19(17)20/h2-3,5,7,9-12,15,20H,4,6,8,13-14H2,1H3,(H,27,30)/t20-/m1/s1. The normalized spacial score (nSPS) is 15.5. The van der Waals surface area contributed by atoms with Crippen molar-refractivity contribution in [2.75, 3.05) is 0 Å². The van der Waals surface area contributed by atoms with E-state index in [4.69, 9.17) is 4.52 Å². The number of fused-ring (bicyclic) bond motifs is 2. The summed E-state index contributed by atoms with van der Waals surface area (Å²) in [5.41, 5.74) is 4.80. The van der Waals surface area contributed by atoms with E-state index in [1.807, 2.05) is 43.3 Å². The SMILES string of the molecule is Cc1ccc(-c2noc3ncn(CCC(=O)N[C@@H]4CCCc5ccccc54)c(=O)c23)cc1. The molecule has 2 heterocycles. The van der Waals surface area contributed by atoms with Crippen molar-refractivity contribution in [3.8, 4) is 11.3 Å². The highest BCUT2D eigenvalue weighted by molar-refractivity contribution is 5.88. The Morgan fingerprint density at radius 2 is 2.00 bits per heavy atom. The molecule has 32 heavy (non-hydrogen) atoms. The molecule has 0 fully saturated rings. The molecule has 1 aliphatic carbocycles. The van der Waals surface area contributed by atoms with E-state index in [9.17, 15) is 9.59 Å². The van der Waals surface area contributed by atoms with Crippen LogP contribution in [0.3, 0.4) is 0 Å². The number of aromatic nitrogens is 3. The molecule has 1 atom stereocenters. The first kappa shape index (κ1) is 20.2. The maximum Gasteiger partial charge on any atom is 0.266 e.